The number of hydrogen-bond acceptors (Lipinski definition) is 4. The van der Waals surface area contributed by atoms with Crippen LogP contribution < -0.4 is 5.32 Å². The molecule has 0 atom stereocenters. The summed E-state index contributed by atoms with van der Waals surface area (Å²) in [6.45, 7) is 0.394. The fraction of sp³-hybridized carbons (Fsp3) is 0.167. The molecule has 0 bridgehead atoms. The highest BCUT2D eigenvalue weighted by molar-refractivity contribution is 5.97. The normalized spacial score (nSPS) is 10.1. The number of carboxylic acids is 1. The van der Waals surface area contributed by atoms with Gasteiger partial charge in [0.2, 0.25) is 0 Å². The van der Waals surface area contributed by atoms with Crippen LogP contribution in [0, 0.1) is 0 Å². The van der Waals surface area contributed by atoms with Crippen LogP contribution in [0.1, 0.15) is 26.5 Å². The molecule has 0 saturated carbocycles. The van der Waals surface area contributed by atoms with Crippen molar-refractivity contribution < 1.29 is 14.7 Å². The average Bonchev–Trinajstić information content (AvgIpc) is 2.92. The standard InChI is InChI=1S/C12H12N4O3/c17-11(13-5-4-10-14-7-15-16-10)8-2-1-3-9(6-8)12(18)19/h1-3,6-7H,4-5H2,(H,13,17)(H,18,19)(H,14,15,16). The number of nitrogens with zero attached hydrogens (tertiary/aromatic N) is 2. The van der Waals surface area contributed by atoms with Crippen molar-refractivity contribution in [2.24, 2.45) is 0 Å². The first-order valence-electron chi connectivity index (χ1n) is 5.62. The fourth-order valence-electron chi connectivity index (χ4n) is 1.54. The van der Waals surface area contributed by atoms with Gasteiger partial charge in [-0.1, -0.05) is 6.07 Å². The van der Waals surface area contributed by atoms with E-state index in [4.69, 9.17) is 5.11 Å². The van der Waals surface area contributed by atoms with Crippen LogP contribution in [-0.4, -0.2) is 38.7 Å². The van der Waals surface area contributed by atoms with Crippen LogP contribution in [0.5, 0.6) is 0 Å². The highest BCUT2D eigenvalue weighted by Crippen LogP contribution is 2.05. The molecule has 19 heavy (non-hydrogen) atoms. The summed E-state index contributed by atoms with van der Waals surface area (Å²) in [5, 5.41) is 17.9. The molecule has 0 saturated heterocycles. The van der Waals surface area contributed by atoms with Gasteiger partial charge in [0, 0.05) is 18.5 Å². The van der Waals surface area contributed by atoms with Crippen molar-refractivity contribution in [3.63, 3.8) is 0 Å². The number of carbonyl (C=O) groups excluding carboxylic acids is 1. The number of aromatic nitrogens is 3. The Morgan fingerprint density at radius 3 is 2.79 bits per heavy atom. The molecule has 98 valence electrons. The Kier molecular flexibility index (Phi) is 3.87. The van der Waals surface area contributed by atoms with Crippen LogP contribution in [0.15, 0.2) is 30.6 Å². The first-order chi connectivity index (χ1) is 9.16. The Hall–Kier alpha value is -2.70. The zero-order valence-corrected chi connectivity index (χ0v) is 9.96. The van der Waals surface area contributed by atoms with Gasteiger partial charge in [-0.25, -0.2) is 9.78 Å². The second kappa shape index (κ2) is 5.76. The van der Waals surface area contributed by atoms with E-state index in [2.05, 4.69) is 20.5 Å². The summed E-state index contributed by atoms with van der Waals surface area (Å²) in [5.41, 5.74) is 0.403. The zero-order chi connectivity index (χ0) is 13.7. The van der Waals surface area contributed by atoms with Crippen LogP contribution in [0.2, 0.25) is 0 Å². The Morgan fingerprint density at radius 1 is 1.32 bits per heavy atom. The first kappa shape index (κ1) is 12.7. The number of aromatic carboxylic acids is 1. The van der Waals surface area contributed by atoms with Crippen molar-refractivity contribution in [2.45, 2.75) is 6.42 Å². The number of H-pyrrole nitrogens is 1. The summed E-state index contributed by atoms with van der Waals surface area (Å²) in [4.78, 5) is 26.5. The summed E-state index contributed by atoms with van der Waals surface area (Å²) in [5.74, 6) is -0.696. The number of carbonyl (C=O) groups is 2. The number of carboxylic acid groups (broad SMARTS) is 1. The minimum Gasteiger partial charge on any atom is -0.478 e. The Bertz CT molecular complexity index is 580. The fourth-order valence-corrected chi connectivity index (χ4v) is 1.54. The van der Waals surface area contributed by atoms with Gasteiger partial charge in [-0.3, -0.25) is 9.89 Å². The predicted octanol–water partition coefficient (Wildman–Crippen LogP) is 0.475. The van der Waals surface area contributed by atoms with Crippen molar-refractivity contribution >= 4 is 11.9 Å². The molecule has 0 aliphatic rings. The molecule has 1 heterocycles. The smallest absolute Gasteiger partial charge is 0.335 e. The molecule has 7 heteroatoms. The molecule has 0 radical (unpaired) electrons. The van der Waals surface area contributed by atoms with E-state index in [1.807, 2.05) is 0 Å². The molecule has 3 N–H and O–H groups in total. The molecular formula is C12H12N4O3. The third-order valence-corrected chi connectivity index (χ3v) is 2.48. The molecule has 0 aliphatic carbocycles. The maximum atomic E-state index is 11.8. The number of aromatic amines is 1. The molecule has 0 spiro atoms. The number of rotatable bonds is 5. The van der Waals surface area contributed by atoms with Crippen LogP contribution in [0.25, 0.3) is 0 Å². The van der Waals surface area contributed by atoms with Gasteiger partial charge in [0.1, 0.15) is 12.2 Å². The minimum absolute atomic E-state index is 0.0860. The molecule has 0 aliphatic heterocycles. The summed E-state index contributed by atoms with van der Waals surface area (Å²) in [6, 6.07) is 5.88. The molecule has 1 amide bonds. The lowest BCUT2D eigenvalue weighted by Crippen LogP contribution is -2.26. The van der Waals surface area contributed by atoms with Crippen molar-refractivity contribution in [1.29, 1.82) is 0 Å². The van der Waals surface area contributed by atoms with E-state index in [1.165, 1.54) is 24.5 Å². The molecule has 0 fully saturated rings. The van der Waals surface area contributed by atoms with Crippen molar-refractivity contribution in [3.05, 3.63) is 47.5 Å². The summed E-state index contributed by atoms with van der Waals surface area (Å²) in [6.07, 6.45) is 1.93. The van der Waals surface area contributed by atoms with Crippen molar-refractivity contribution in [3.8, 4) is 0 Å². The van der Waals surface area contributed by atoms with Gasteiger partial charge in [0.05, 0.1) is 5.56 Å². The van der Waals surface area contributed by atoms with Crippen LogP contribution in [0.3, 0.4) is 0 Å². The van der Waals surface area contributed by atoms with Crippen LogP contribution in [0.4, 0.5) is 0 Å². The first-order valence-corrected chi connectivity index (χ1v) is 5.62. The average molecular weight is 260 g/mol. The van der Waals surface area contributed by atoms with Gasteiger partial charge in [0.25, 0.3) is 5.91 Å². The minimum atomic E-state index is -1.06. The van der Waals surface area contributed by atoms with E-state index in [-0.39, 0.29) is 11.5 Å². The maximum absolute atomic E-state index is 11.8. The van der Waals surface area contributed by atoms with Gasteiger partial charge in [-0.15, -0.1) is 0 Å². The molecule has 2 aromatic rings. The van der Waals surface area contributed by atoms with E-state index < -0.39 is 5.97 Å². The van der Waals surface area contributed by atoms with E-state index in [1.54, 1.807) is 6.07 Å². The van der Waals surface area contributed by atoms with E-state index in [0.29, 0.717) is 24.4 Å². The summed E-state index contributed by atoms with van der Waals surface area (Å²) < 4.78 is 0. The Morgan fingerprint density at radius 2 is 2.11 bits per heavy atom. The van der Waals surface area contributed by atoms with Gasteiger partial charge in [-0.05, 0) is 18.2 Å². The van der Waals surface area contributed by atoms with Gasteiger partial charge in [0.15, 0.2) is 0 Å². The molecule has 7 nitrogen and oxygen atoms in total. The van der Waals surface area contributed by atoms with Crippen molar-refractivity contribution in [2.75, 3.05) is 6.54 Å². The van der Waals surface area contributed by atoms with Gasteiger partial charge < -0.3 is 10.4 Å². The zero-order valence-electron chi connectivity index (χ0n) is 9.96. The largest absolute Gasteiger partial charge is 0.478 e. The van der Waals surface area contributed by atoms with Gasteiger partial charge >= 0.3 is 5.97 Å². The summed E-state index contributed by atoms with van der Waals surface area (Å²) >= 11 is 0. The van der Waals surface area contributed by atoms with E-state index in [9.17, 15) is 9.59 Å². The predicted molar refractivity (Wildman–Crippen MR) is 65.8 cm³/mol. The molecule has 0 unspecified atom stereocenters. The Labute approximate surface area is 108 Å². The van der Waals surface area contributed by atoms with E-state index >= 15 is 0 Å². The molecule has 1 aromatic heterocycles. The summed E-state index contributed by atoms with van der Waals surface area (Å²) in [7, 11) is 0. The van der Waals surface area contributed by atoms with Crippen LogP contribution >= 0.6 is 0 Å². The highest BCUT2D eigenvalue weighted by Gasteiger charge is 2.09. The molecule has 2 rings (SSSR count). The second-order valence-electron chi connectivity index (χ2n) is 3.82. The number of nitrogens with one attached hydrogen (secondary N) is 2. The number of amides is 1. The monoisotopic (exact) mass is 260 g/mol. The Balaban J connectivity index is 1.92. The van der Waals surface area contributed by atoms with E-state index in [0.717, 1.165) is 0 Å². The van der Waals surface area contributed by atoms with Crippen LogP contribution in [-0.2, 0) is 6.42 Å². The topological polar surface area (TPSA) is 108 Å². The lowest BCUT2D eigenvalue weighted by Gasteiger charge is -2.04. The lowest BCUT2D eigenvalue weighted by atomic mass is 10.1. The molecule has 1 aromatic carbocycles. The number of benzene rings is 1. The maximum Gasteiger partial charge on any atom is 0.335 e. The SMILES string of the molecule is O=C(O)c1cccc(C(=O)NCCc2ncn[nH]2)c1. The molecular weight excluding hydrogens is 248 g/mol. The van der Waals surface area contributed by atoms with Gasteiger partial charge in [-0.2, -0.15) is 5.10 Å². The highest BCUT2D eigenvalue weighted by atomic mass is 16.4. The quantitative estimate of drug-likeness (QED) is 0.724. The lowest BCUT2D eigenvalue weighted by molar-refractivity contribution is 0.0697. The third-order valence-electron chi connectivity index (χ3n) is 2.48. The number of hydrogen-bond donors (Lipinski definition) is 3. The second-order valence-corrected chi connectivity index (χ2v) is 3.82. The third kappa shape index (κ3) is 3.38. The van der Waals surface area contributed by atoms with Crippen molar-refractivity contribution in [1.82, 2.24) is 20.5 Å².